The van der Waals surface area contributed by atoms with Crippen LogP contribution in [0, 0.1) is 11.6 Å². The molecule has 1 fully saturated rings. The van der Waals surface area contributed by atoms with Gasteiger partial charge in [0.25, 0.3) is 0 Å². The number of nitrogens with zero attached hydrogens (tertiary/aromatic N) is 1. The fraction of sp³-hybridized carbons (Fsp3) is 0.538. The minimum atomic E-state index is -4.12. The molecule has 1 saturated heterocycles. The molecular formula is C13H18F2N2O3S. The Morgan fingerprint density at radius 2 is 2.14 bits per heavy atom. The summed E-state index contributed by atoms with van der Waals surface area (Å²) < 4.78 is 59.1. The molecule has 0 bridgehead atoms. The van der Waals surface area contributed by atoms with Crippen LogP contribution >= 0.6 is 0 Å². The molecule has 0 aliphatic carbocycles. The van der Waals surface area contributed by atoms with Crippen LogP contribution in [0.1, 0.15) is 18.9 Å². The second kappa shape index (κ2) is 6.35. The Labute approximate surface area is 122 Å². The quantitative estimate of drug-likeness (QED) is 0.909. The number of nitrogens with two attached hydrogens (primary N) is 1. The first-order valence-corrected chi connectivity index (χ1v) is 8.10. The van der Waals surface area contributed by atoms with E-state index in [-0.39, 0.29) is 31.3 Å². The topological polar surface area (TPSA) is 72.6 Å². The van der Waals surface area contributed by atoms with Gasteiger partial charge in [-0.2, -0.15) is 4.31 Å². The van der Waals surface area contributed by atoms with Gasteiger partial charge in [-0.05, 0) is 31.0 Å². The molecule has 1 heterocycles. The number of ether oxygens (including phenoxy) is 1. The van der Waals surface area contributed by atoms with E-state index < -0.39 is 26.6 Å². The summed E-state index contributed by atoms with van der Waals surface area (Å²) in [5.41, 5.74) is 5.62. The van der Waals surface area contributed by atoms with Gasteiger partial charge in [0, 0.05) is 26.2 Å². The molecule has 0 amide bonds. The standard InChI is InChI=1S/C13H18F2N2O3S/c1-9-8-17(3-2-4-20-9)21(18,19)12-6-10(7-16)5-11(14)13(12)15/h5-6,9H,2-4,7-8,16H2,1H3. The van der Waals surface area contributed by atoms with E-state index in [0.29, 0.717) is 13.0 Å². The van der Waals surface area contributed by atoms with Gasteiger partial charge in [-0.15, -0.1) is 0 Å². The summed E-state index contributed by atoms with van der Waals surface area (Å²) in [7, 11) is -4.12. The fourth-order valence-corrected chi connectivity index (χ4v) is 3.91. The first-order chi connectivity index (χ1) is 9.86. The van der Waals surface area contributed by atoms with Crippen LogP contribution in [0.5, 0.6) is 0 Å². The van der Waals surface area contributed by atoms with Gasteiger partial charge in [0.15, 0.2) is 11.6 Å². The smallest absolute Gasteiger partial charge is 0.246 e. The predicted octanol–water partition coefficient (Wildman–Crippen LogP) is 1.22. The van der Waals surface area contributed by atoms with Crippen molar-refractivity contribution < 1.29 is 21.9 Å². The SMILES string of the molecule is CC1CN(S(=O)(=O)c2cc(CN)cc(F)c2F)CCCO1. The van der Waals surface area contributed by atoms with Crippen LogP contribution in [0.3, 0.4) is 0 Å². The molecule has 2 rings (SSSR count). The highest BCUT2D eigenvalue weighted by molar-refractivity contribution is 7.89. The van der Waals surface area contributed by atoms with Gasteiger partial charge in [-0.25, -0.2) is 17.2 Å². The zero-order chi connectivity index (χ0) is 15.6. The molecule has 1 aliphatic heterocycles. The third-order valence-electron chi connectivity index (χ3n) is 3.32. The zero-order valence-electron chi connectivity index (χ0n) is 11.7. The van der Waals surface area contributed by atoms with Crippen molar-refractivity contribution >= 4 is 10.0 Å². The molecule has 1 atom stereocenters. The Kier molecular flexibility index (Phi) is 4.92. The molecule has 1 aromatic carbocycles. The summed E-state index contributed by atoms with van der Waals surface area (Å²) in [5.74, 6) is -2.58. The highest BCUT2D eigenvalue weighted by atomic mass is 32.2. The maximum atomic E-state index is 13.9. The second-order valence-electron chi connectivity index (χ2n) is 4.99. The number of rotatable bonds is 3. The third-order valence-corrected chi connectivity index (χ3v) is 5.19. The molecule has 2 N–H and O–H groups in total. The van der Waals surface area contributed by atoms with Crippen molar-refractivity contribution in [2.45, 2.75) is 30.9 Å². The van der Waals surface area contributed by atoms with Crippen molar-refractivity contribution in [3.05, 3.63) is 29.3 Å². The number of hydrogen-bond acceptors (Lipinski definition) is 4. The van der Waals surface area contributed by atoms with Gasteiger partial charge < -0.3 is 10.5 Å². The average molecular weight is 320 g/mol. The lowest BCUT2D eigenvalue weighted by atomic mass is 10.2. The Morgan fingerprint density at radius 3 is 2.81 bits per heavy atom. The molecule has 8 heteroatoms. The maximum absolute atomic E-state index is 13.9. The van der Waals surface area contributed by atoms with E-state index in [9.17, 15) is 17.2 Å². The van der Waals surface area contributed by atoms with E-state index in [2.05, 4.69) is 0 Å². The van der Waals surface area contributed by atoms with E-state index in [1.165, 1.54) is 0 Å². The van der Waals surface area contributed by atoms with Crippen LogP contribution in [0.25, 0.3) is 0 Å². The Hall–Kier alpha value is -1.09. The predicted molar refractivity (Wildman–Crippen MR) is 73.0 cm³/mol. The molecule has 1 aromatic rings. The van der Waals surface area contributed by atoms with Gasteiger partial charge >= 0.3 is 0 Å². The molecule has 0 aromatic heterocycles. The molecule has 0 saturated carbocycles. The number of hydrogen-bond donors (Lipinski definition) is 1. The minimum Gasteiger partial charge on any atom is -0.377 e. The molecule has 5 nitrogen and oxygen atoms in total. The lowest BCUT2D eigenvalue weighted by Crippen LogP contribution is -2.36. The summed E-state index contributed by atoms with van der Waals surface area (Å²) >= 11 is 0. The van der Waals surface area contributed by atoms with E-state index >= 15 is 0 Å². The number of sulfonamides is 1. The van der Waals surface area contributed by atoms with Gasteiger partial charge in [-0.1, -0.05) is 0 Å². The lowest BCUT2D eigenvalue weighted by Gasteiger charge is -2.22. The molecule has 0 radical (unpaired) electrons. The van der Waals surface area contributed by atoms with E-state index in [1.807, 2.05) is 0 Å². The molecule has 1 unspecified atom stereocenters. The van der Waals surface area contributed by atoms with Crippen LogP contribution < -0.4 is 5.73 Å². The van der Waals surface area contributed by atoms with E-state index in [1.54, 1.807) is 6.92 Å². The van der Waals surface area contributed by atoms with Crippen molar-refractivity contribution in [2.75, 3.05) is 19.7 Å². The van der Waals surface area contributed by atoms with Crippen LogP contribution in [0.2, 0.25) is 0 Å². The van der Waals surface area contributed by atoms with Gasteiger partial charge in [0.2, 0.25) is 10.0 Å². The summed E-state index contributed by atoms with van der Waals surface area (Å²) in [6, 6.07) is 1.99. The maximum Gasteiger partial charge on any atom is 0.246 e. The zero-order valence-corrected chi connectivity index (χ0v) is 12.5. The Morgan fingerprint density at radius 1 is 1.43 bits per heavy atom. The normalized spacial score (nSPS) is 21.2. The molecule has 0 spiro atoms. The first-order valence-electron chi connectivity index (χ1n) is 6.66. The summed E-state index contributed by atoms with van der Waals surface area (Å²) in [6.07, 6.45) is 0.206. The molecular weight excluding hydrogens is 302 g/mol. The summed E-state index contributed by atoms with van der Waals surface area (Å²) in [4.78, 5) is -0.669. The number of benzene rings is 1. The van der Waals surface area contributed by atoms with Crippen LogP contribution in [0.15, 0.2) is 17.0 Å². The molecule has 1 aliphatic rings. The minimum absolute atomic E-state index is 0.0702. The van der Waals surface area contributed by atoms with E-state index in [4.69, 9.17) is 10.5 Å². The highest BCUT2D eigenvalue weighted by Crippen LogP contribution is 2.24. The van der Waals surface area contributed by atoms with Crippen LogP contribution in [0.4, 0.5) is 8.78 Å². The van der Waals surface area contributed by atoms with Crippen LogP contribution in [-0.4, -0.2) is 38.5 Å². The van der Waals surface area contributed by atoms with Gasteiger partial charge in [-0.3, -0.25) is 0 Å². The Balaban J connectivity index is 2.45. The monoisotopic (exact) mass is 320 g/mol. The lowest BCUT2D eigenvalue weighted by molar-refractivity contribution is 0.0751. The molecule has 21 heavy (non-hydrogen) atoms. The third kappa shape index (κ3) is 3.39. The second-order valence-corrected chi connectivity index (χ2v) is 6.90. The summed E-state index contributed by atoms with van der Waals surface area (Å²) in [6.45, 7) is 2.42. The molecule has 118 valence electrons. The highest BCUT2D eigenvalue weighted by Gasteiger charge is 2.31. The average Bonchev–Trinajstić information content (AvgIpc) is 2.66. The largest absolute Gasteiger partial charge is 0.377 e. The van der Waals surface area contributed by atoms with Crippen molar-refractivity contribution in [1.29, 1.82) is 0 Å². The summed E-state index contributed by atoms with van der Waals surface area (Å²) in [5, 5.41) is 0. The van der Waals surface area contributed by atoms with Crippen molar-refractivity contribution in [1.82, 2.24) is 4.31 Å². The fourth-order valence-electron chi connectivity index (χ4n) is 2.24. The first kappa shape index (κ1) is 16.3. The van der Waals surface area contributed by atoms with Crippen molar-refractivity contribution in [2.24, 2.45) is 5.73 Å². The van der Waals surface area contributed by atoms with Gasteiger partial charge in [0.05, 0.1) is 6.10 Å². The number of halogens is 2. The van der Waals surface area contributed by atoms with E-state index in [0.717, 1.165) is 16.4 Å². The Bertz CT molecular complexity index is 622. The van der Waals surface area contributed by atoms with Crippen molar-refractivity contribution in [3.63, 3.8) is 0 Å². The van der Waals surface area contributed by atoms with Gasteiger partial charge in [0.1, 0.15) is 4.90 Å². The van der Waals surface area contributed by atoms with Crippen molar-refractivity contribution in [3.8, 4) is 0 Å². The van der Waals surface area contributed by atoms with Crippen LogP contribution in [-0.2, 0) is 21.3 Å².